The van der Waals surface area contributed by atoms with Crippen molar-refractivity contribution in [3.63, 3.8) is 0 Å². The number of carbonyl (C=O) groups excluding carboxylic acids is 3. The molecule has 0 aliphatic carbocycles. The highest BCUT2D eigenvalue weighted by atomic mass is 19.1. The van der Waals surface area contributed by atoms with Crippen LogP contribution >= 0.6 is 0 Å². The van der Waals surface area contributed by atoms with Gasteiger partial charge in [-0.1, -0.05) is 12.1 Å². The van der Waals surface area contributed by atoms with Gasteiger partial charge in [-0.3, -0.25) is 0 Å². The van der Waals surface area contributed by atoms with Crippen LogP contribution in [-0.4, -0.2) is 52.0 Å². The van der Waals surface area contributed by atoms with Crippen molar-refractivity contribution in [3.8, 4) is 0 Å². The molecule has 0 radical (unpaired) electrons. The average Bonchev–Trinajstić information content (AvgIpc) is 2.94. The maximum atomic E-state index is 14.3. The molecule has 9 heteroatoms. The van der Waals surface area contributed by atoms with Crippen molar-refractivity contribution in [3.05, 3.63) is 35.8 Å². The van der Waals surface area contributed by atoms with E-state index in [-0.39, 0.29) is 6.42 Å². The number of hydrogen-bond acceptors (Lipinski definition) is 6. The SMILES string of the molecule is COC(=O)C(Cc1cn(C)c2c(F)cccc12)N(C(=O)OC(C)(C)C)C(=O)OC(C)(C)C. The van der Waals surface area contributed by atoms with Crippen molar-refractivity contribution in [2.45, 2.75) is 65.2 Å². The van der Waals surface area contributed by atoms with Gasteiger partial charge in [0.25, 0.3) is 0 Å². The second-order valence-corrected chi connectivity index (χ2v) is 9.48. The van der Waals surface area contributed by atoms with Crippen molar-refractivity contribution in [1.82, 2.24) is 9.47 Å². The number of benzene rings is 1. The Labute approximate surface area is 187 Å². The molecule has 2 aromatic rings. The van der Waals surface area contributed by atoms with Gasteiger partial charge in [-0.2, -0.15) is 4.90 Å². The Balaban J connectivity index is 2.56. The molecule has 2 rings (SSSR count). The Morgan fingerprint density at radius 3 is 2.03 bits per heavy atom. The number of para-hydroxylation sites is 1. The van der Waals surface area contributed by atoms with Gasteiger partial charge in [0.05, 0.1) is 12.6 Å². The number of rotatable bonds is 4. The normalized spacial score (nSPS) is 12.9. The van der Waals surface area contributed by atoms with E-state index in [4.69, 9.17) is 14.2 Å². The summed E-state index contributed by atoms with van der Waals surface area (Å²) in [6.45, 7) is 9.83. The lowest BCUT2D eigenvalue weighted by Crippen LogP contribution is -2.53. The van der Waals surface area contributed by atoms with E-state index in [2.05, 4.69) is 0 Å². The summed E-state index contributed by atoms with van der Waals surface area (Å²) >= 11 is 0. The summed E-state index contributed by atoms with van der Waals surface area (Å²) in [5.74, 6) is -1.27. The Bertz CT molecular complexity index is 988. The molecule has 0 N–H and O–H groups in total. The van der Waals surface area contributed by atoms with E-state index < -0.39 is 41.2 Å². The summed E-state index contributed by atoms with van der Waals surface area (Å²) in [6, 6.07) is 3.19. The predicted octanol–water partition coefficient (Wildman–Crippen LogP) is 4.57. The molecule has 32 heavy (non-hydrogen) atoms. The molecule has 0 saturated heterocycles. The summed E-state index contributed by atoms with van der Waals surface area (Å²) < 4.78 is 31.6. The van der Waals surface area contributed by atoms with E-state index >= 15 is 0 Å². The third-order valence-corrected chi connectivity index (χ3v) is 4.41. The highest BCUT2D eigenvalue weighted by molar-refractivity contribution is 5.95. The number of methoxy groups -OCH3 is 1. The first kappa shape index (κ1) is 25.2. The van der Waals surface area contributed by atoms with Crippen LogP contribution in [0.25, 0.3) is 10.9 Å². The van der Waals surface area contributed by atoms with E-state index in [0.717, 1.165) is 7.11 Å². The molecule has 0 fully saturated rings. The summed E-state index contributed by atoms with van der Waals surface area (Å²) in [5.41, 5.74) is -0.969. The topological polar surface area (TPSA) is 87.1 Å². The summed E-state index contributed by atoms with van der Waals surface area (Å²) in [6.07, 6.45) is -0.569. The Kier molecular flexibility index (Phi) is 7.22. The molecule has 0 saturated carbocycles. The van der Waals surface area contributed by atoms with E-state index in [0.29, 0.717) is 21.4 Å². The molecular formula is C23H31FN2O6. The number of amides is 2. The zero-order valence-electron chi connectivity index (χ0n) is 19.8. The van der Waals surface area contributed by atoms with Gasteiger partial charge in [0, 0.05) is 25.1 Å². The number of ether oxygens (including phenoxy) is 3. The van der Waals surface area contributed by atoms with Gasteiger partial charge >= 0.3 is 18.2 Å². The van der Waals surface area contributed by atoms with E-state index in [1.54, 1.807) is 71.5 Å². The smallest absolute Gasteiger partial charge is 0.420 e. The van der Waals surface area contributed by atoms with Crippen LogP contribution < -0.4 is 0 Å². The Morgan fingerprint density at radius 2 is 1.56 bits per heavy atom. The van der Waals surface area contributed by atoms with Crippen molar-refractivity contribution in [1.29, 1.82) is 0 Å². The van der Waals surface area contributed by atoms with E-state index in [1.807, 2.05) is 0 Å². The van der Waals surface area contributed by atoms with Crippen LogP contribution in [0.4, 0.5) is 14.0 Å². The largest absolute Gasteiger partial charge is 0.467 e. The zero-order valence-corrected chi connectivity index (χ0v) is 19.8. The second-order valence-electron chi connectivity index (χ2n) is 9.48. The van der Waals surface area contributed by atoms with Crippen molar-refractivity contribution in [2.24, 2.45) is 7.05 Å². The quantitative estimate of drug-likeness (QED) is 0.501. The van der Waals surface area contributed by atoms with E-state index in [1.165, 1.54) is 6.07 Å². The number of hydrogen-bond donors (Lipinski definition) is 0. The molecule has 0 bridgehead atoms. The molecular weight excluding hydrogens is 419 g/mol. The molecule has 1 aromatic heterocycles. The number of halogens is 1. The summed E-state index contributed by atoms with van der Waals surface area (Å²) in [4.78, 5) is 39.4. The number of esters is 1. The van der Waals surface area contributed by atoms with Gasteiger partial charge in [-0.15, -0.1) is 0 Å². The average molecular weight is 451 g/mol. The maximum Gasteiger partial charge on any atom is 0.420 e. The van der Waals surface area contributed by atoms with Gasteiger partial charge < -0.3 is 18.8 Å². The first-order chi connectivity index (χ1) is 14.6. The third-order valence-electron chi connectivity index (χ3n) is 4.41. The van der Waals surface area contributed by atoms with Gasteiger partial charge in [0.2, 0.25) is 0 Å². The molecule has 1 heterocycles. The number of fused-ring (bicyclic) bond motifs is 1. The van der Waals surface area contributed by atoms with Crippen LogP contribution in [-0.2, 0) is 32.5 Å². The second kappa shape index (κ2) is 9.18. The fraction of sp³-hybridized carbons (Fsp3) is 0.522. The molecule has 1 aromatic carbocycles. The minimum Gasteiger partial charge on any atom is -0.467 e. The lowest BCUT2D eigenvalue weighted by atomic mass is 10.0. The molecule has 0 spiro atoms. The van der Waals surface area contributed by atoms with Crippen molar-refractivity contribution >= 4 is 29.1 Å². The summed E-state index contributed by atoms with van der Waals surface area (Å²) in [5, 5.41) is 0.551. The Hall–Kier alpha value is -3.10. The fourth-order valence-electron chi connectivity index (χ4n) is 3.24. The van der Waals surface area contributed by atoms with Crippen LogP contribution in [0.2, 0.25) is 0 Å². The highest BCUT2D eigenvalue weighted by Crippen LogP contribution is 2.27. The van der Waals surface area contributed by atoms with Crippen LogP contribution in [0.15, 0.2) is 24.4 Å². The molecule has 176 valence electrons. The van der Waals surface area contributed by atoms with Gasteiger partial charge in [0.1, 0.15) is 23.1 Å². The number of carbonyl (C=O) groups is 3. The molecule has 0 aliphatic heterocycles. The van der Waals surface area contributed by atoms with Crippen molar-refractivity contribution < 1.29 is 33.0 Å². The van der Waals surface area contributed by atoms with E-state index in [9.17, 15) is 18.8 Å². The number of imide groups is 1. The number of aryl methyl sites for hydroxylation is 1. The fourth-order valence-corrected chi connectivity index (χ4v) is 3.24. The zero-order chi connectivity index (χ0) is 24.4. The highest BCUT2D eigenvalue weighted by Gasteiger charge is 2.41. The first-order valence-corrected chi connectivity index (χ1v) is 10.2. The van der Waals surface area contributed by atoms with Gasteiger partial charge in [-0.25, -0.2) is 18.8 Å². The molecule has 8 nitrogen and oxygen atoms in total. The Morgan fingerprint density at radius 1 is 1.03 bits per heavy atom. The van der Waals surface area contributed by atoms with Gasteiger partial charge in [0.15, 0.2) is 0 Å². The van der Waals surface area contributed by atoms with Crippen molar-refractivity contribution in [2.75, 3.05) is 7.11 Å². The maximum absolute atomic E-state index is 14.3. The number of nitrogens with zero attached hydrogens (tertiary/aromatic N) is 2. The van der Waals surface area contributed by atoms with Gasteiger partial charge in [-0.05, 0) is 53.2 Å². The molecule has 1 unspecified atom stereocenters. The van der Waals surface area contributed by atoms with Crippen LogP contribution in [0, 0.1) is 5.82 Å². The standard InChI is InChI=1S/C23H31FN2O6/c1-22(2,3)31-20(28)26(21(29)32-23(4,5)6)17(19(27)30-8)12-14-13-25(7)18-15(14)10-9-11-16(18)24/h9-11,13,17H,12H2,1-8H3. The molecule has 0 aliphatic rings. The van der Waals surface area contributed by atoms with Crippen LogP contribution in [0.5, 0.6) is 0 Å². The third kappa shape index (κ3) is 5.99. The lowest BCUT2D eigenvalue weighted by Gasteiger charge is -2.32. The van der Waals surface area contributed by atoms with Crippen LogP contribution in [0.1, 0.15) is 47.1 Å². The summed E-state index contributed by atoms with van der Waals surface area (Å²) in [7, 11) is 2.82. The first-order valence-electron chi connectivity index (χ1n) is 10.2. The predicted molar refractivity (Wildman–Crippen MR) is 117 cm³/mol. The molecule has 2 amide bonds. The van der Waals surface area contributed by atoms with Crippen LogP contribution in [0.3, 0.4) is 0 Å². The lowest BCUT2D eigenvalue weighted by molar-refractivity contribution is -0.146. The minimum absolute atomic E-state index is 0.119. The monoisotopic (exact) mass is 450 g/mol. The number of aromatic nitrogens is 1. The minimum atomic E-state index is -1.39. The molecule has 1 atom stereocenters.